The van der Waals surface area contributed by atoms with E-state index >= 15 is 0 Å². The van der Waals surface area contributed by atoms with Gasteiger partial charge < -0.3 is 0 Å². The molecule has 0 bridgehead atoms. The van der Waals surface area contributed by atoms with E-state index in [1.54, 1.807) is 30.3 Å². The van der Waals surface area contributed by atoms with E-state index in [2.05, 4.69) is 101 Å². The molecule has 2 aliphatic heterocycles. The zero-order valence-electron chi connectivity index (χ0n) is 32.8. The molecule has 0 unspecified atom stereocenters. The molecule has 13 rings (SSSR count). The van der Waals surface area contributed by atoms with Crippen molar-refractivity contribution in [2.75, 3.05) is 0 Å². The molecule has 0 N–H and O–H groups in total. The number of sulfone groups is 2. The van der Waals surface area contributed by atoms with Crippen LogP contribution in [0.4, 0.5) is 0 Å². The van der Waals surface area contributed by atoms with Crippen LogP contribution in [0.1, 0.15) is 25.5 Å². The third-order valence-corrected chi connectivity index (χ3v) is 16.5. The average molecular weight is 898 g/mol. The number of para-hydroxylation sites is 2. The fourth-order valence-electron chi connectivity index (χ4n) is 9.82. The molecule has 0 amide bonds. The van der Waals surface area contributed by atoms with E-state index in [1.165, 1.54) is 37.7 Å². The van der Waals surface area contributed by atoms with Gasteiger partial charge in [-0.25, -0.2) is 26.8 Å². The lowest BCUT2D eigenvalue weighted by atomic mass is 9.87. The summed E-state index contributed by atoms with van der Waals surface area (Å²) in [4.78, 5) is 10.6. The Hall–Kier alpha value is -6.40. The summed E-state index contributed by atoms with van der Waals surface area (Å²) in [6, 6.07) is 45.6. The Morgan fingerprint density at radius 1 is 0.492 bits per heavy atom. The van der Waals surface area contributed by atoms with Crippen LogP contribution < -0.4 is 0 Å². The molecule has 4 heterocycles. The van der Waals surface area contributed by atoms with Gasteiger partial charge in [0.2, 0.25) is 19.7 Å². The summed E-state index contributed by atoms with van der Waals surface area (Å²) in [5.74, 6) is 1.73. The van der Waals surface area contributed by atoms with Crippen LogP contribution in [0.2, 0.25) is 0 Å². The van der Waals surface area contributed by atoms with Crippen molar-refractivity contribution in [1.29, 1.82) is 0 Å². The molecule has 2 aliphatic rings. The van der Waals surface area contributed by atoms with Gasteiger partial charge in [-0.1, -0.05) is 115 Å². The predicted octanol–water partition coefficient (Wildman–Crippen LogP) is 11.9. The van der Waals surface area contributed by atoms with E-state index in [0.717, 1.165) is 44.6 Å². The Balaban J connectivity index is 0.000000160. The highest BCUT2D eigenvalue weighted by molar-refractivity contribution is 9.10. The molecule has 296 valence electrons. The summed E-state index contributed by atoms with van der Waals surface area (Å²) < 4.78 is 58.5. The van der Waals surface area contributed by atoms with Crippen LogP contribution >= 0.6 is 15.9 Å². The number of hydrogen-bond donors (Lipinski definition) is 0. The highest BCUT2D eigenvalue weighted by atomic mass is 79.9. The van der Waals surface area contributed by atoms with E-state index in [-0.39, 0.29) is 0 Å². The first-order valence-electron chi connectivity index (χ1n) is 20.1. The summed E-state index contributed by atoms with van der Waals surface area (Å²) >= 11 is 3.36. The first kappa shape index (κ1) is 36.5. The van der Waals surface area contributed by atoms with Crippen LogP contribution in [-0.2, 0) is 32.5 Å². The smallest absolute Gasteiger partial charge is 0.210 e. The van der Waals surface area contributed by atoms with Crippen LogP contribution in [0.25, 0.3) is 87.7 Å². The molecule has 9 aromatic carbocycles. The molecule has 0 radical (unpaired) electrons. The molecule has 0 saturated heterocycles. The minimum atomic E-state index is -3.72. The van der Waals surface area contributed by atoms with Gasteiger partial charge in [-0.3, -0.25) is 9.13 Å². The molecule has 0 fully saturated rings. The van der Waals surface area contributed by atoms with Gasteiger partial charge in [0.25, 0.3) is 0 Å². The average Bonchev–Trinajstić information content (AvgIpc) is 3.86. The molecular formula is C50H33BrN4O4S2. The highest BCUT2D eigenvalue weighted by Crippen LogP contribution is 2.46. The topological polar surface area (TPSA) is 104 Å². The third-order valence-electron chi connectivity index (χ3n) is 12.4. The molecule has 8 nitrogen and oxygen atoms in total. The van der Waals surface area contributed by atoms with Crippen LogP contribution in [0, 0.1) is 0 Å². The Morgan fingerprint density at radius 3 is 1.57 bits per heavy atom. The summed E-state index contributed by atoms with van der Waals surface area (Å²) in [5, 5.41) is 9.76. The maximum atomic E-state index is 14.0. The summed E-state index contributed by atoms with van der Waals surface area (Å²) in [5.41, 5.74) is 6.06. The minimum absolute atomic E-state index is 0.323. The van der Waals surface area contributed by atoms with Crippen LogP contribution in [-0.4, -0.2) is 35.9 Å². The Kier molecular flexibility index (Phi) is 7.65. The van der Waals surface area contributed by atoms with Crippen molar-refractivity contribution < 1.29 is 16.8 Å². The molecule has 2 aromatic heterocycles. The second-order valence-corrected chi connectivity index (χ2v) is 20.3. The largest absolute Gasteiger partial charge is 0.294 e. The molecular weight excluding hydrogens is 865 g/mol. The van der Waals surface area contributed by atoms with Gasteiger partial charge in [0.1, 0.15) is 11.6 Å². The fraction of sp³-hybridized carbons (Fsp3) is 0.0800. The maximum absolute atomic E-state index is 14.0. The first-order valence-corrected chi connectivity index (χ1v) is 23.9. The zero-order chi connectivity index (χ0) is 41.5. The van der Waals surface area contributed by atoms with Gasteiger partial charge in [-0.05, 0) is 109 Å². The SMILES string of the molecule is CCc1nc2cccc3c2n1-c1ccc(-c2ccc4c5cccc6cccc(c7cccc2c74)c65)cc1S3(=O)=O.CCc1nc2cccc3c2n1-c1ccc(Br)cc1S3(=O)=O. The maximum Gasteiger partial charge on any atom is 0.210 e. The van der Waals surface area contributed by atoms with E-state index < -0.39 is 19.7 Å². The molecule has 61 heavy (non-hydrogen) atoms. The lowest BCUT2D eigenvalue weighted by Crippen LogP contribution is -2.16. The van der Waals surface area contributed by atoms with Crippen molar-refractivity contribution >= 4 is 101 Å². The van der Waals surface area contributed by atoms with Crippen molar-refractivity contribution in [2.45, 2.75) is 46.3 Å². The number of hydrogen-bond acceptors (Lipinski definition) is 6. The molecule has 0 saturated carbocycles. The number of halogens is 1. The molecule has 0 atom stereocenters. The molecule has 0 aliphatic carbocycles. The second-order valence-electron chi connectivity index (χ2n) is 15.6. The summed E-state index contributed by atoms with van der Waals surface area (Å²) in [7, 11) is -7.24. The number of aromatic nitrogens is 4. The van der Waals surface area contributed by atoms with Crippen molar-refractivity contribution in [3.8, 4) is 22.5 Å². The van der Waals surface area contributed by atoms with Crippen molar-refractivity contribution in [1.82, 2.24) is 19.1 Å². The Morgan fingerprint density at radius 2 is 0.984 bits per heavy atom. The highest BCUT2D eigenvalue weighted by Gasteiger charge is 2.35. The van der Waals surface area contributed by atoms with E-state index in [9.17, 15) is 16.8 Å². The molecule has 0 spiro atoms. The Labute approximate surface area is 359 Å². The number of aryl methyl sites for hydroxylation is 2. The van der Waals surface area contributed by atoms with Crippen molar-refractivity contribution in [2.24, 2.45) is 0 Å². The van der Waals surface area contributed by atoms with Gasteiger partial charge in [0.15, 0.2) is 0 Å². The van der Waals surface area contributed by atoms with Crippen LogP contribution in [0.15, 0.2) is 164 Å². The Bertz CT molecular complexity index is 3910. The van der Waals surface area contributed by atoms with E-state index in [1.807, 2.05) is 52.5 Å². The van der Waals surface area contributed by atoms with Gasteiger partial charge in [-0.2, -0.15) is 0 Å². The number of rotatable bonds is 3. The number of nitrogens with zero attached hydrogens (tertiary/aromatic N) is 4. The monoisotopic (exact) mass is 896 g/mol. The normalized spacial score (nSPS) is 14.5. The molecule has 11 heteroatoms. The number of imidazole rings is 2. The zero-order valence-corrected chi connectivity index (χ0v) is 36.0. The van der Waals surface area contributed by atoms with E-state index in [0.29, 0.717) is 53.9 Å². The van der Waals surface area contributed by atoms with Gasteiger partial charge in [0.05, 0.1) is 53.0 Å². The second kappa shape index (κ2) is 12.8. The van der Waals surface area contributed by atoms with Crippen LogP contribution in [0.3, 0.4) is 0 Å². The lowest BCUT2D eigenvalue weighted by Gasteiger charge is -2.22. The summed E-state index contributed by atoms with van der Waals surface area (Å²) in [6.45, 7) is 4.07. The van der Waals surface area contributed by atoms with Gasteiger partial charge >= 0.3 is 0 Å². The van der Waals surface area contributed by atoms with Gasteiger partial charge in [-0.15, -0.1) is 0 Å². The van der Waals surface area contributed by atoms with E-state index in [4.69, 9.17) is 4.98 Å². The predicted molar refractivity (Wildman–Crippen MR) is 246 cm³/mol. The molecule has 11 aromatic rings. The van der Waals surface area contributed by atoms with Crippen molar-refractivity contribution in [3.63, 3.8) is 0 Å². The quantitative estimate of drug-likeness (QED) is 0.129. The first-order chi connectivity index (χ1) is 29.6. The fourth-order valence-corrected chi connectivity index (χ4v) is 13.7. The number of benzene rings is 9. The minimum Gasteiger partial charge on any atom is -0.294 e. The van der Waals surface area contributed by atoms with Crippen molar-refractivity contribution in [3.05, 3.63) is 156 Å². The lowest BCUT2D eigenvalue weighted by molar-refractivity contribution is 0.592. The standard InChI is InChI=1S/C35H22N2O2S.C15H11BrN2O2S/c1-2-32-36-28-13-6-14-30-35(28)37(32)29-18-15-21(19-31(29)40(30,38)39)22-16-17-27-25-10-4-8-20-7-3-9-24(33(20)25)26-12-5-11-23(22)34(26)27;1-2-14-17-10-4-3-5-12-15(10)18(14)11-7-6-9(16)8-13(11)21(12,19)20/h3-19H,2H2,1H3;3-8H,2H2,1H3. The summed E-state index contributed by atoms with van der Waals surface area (Å²) in [6.07, 6.45) is 1.45. The van der Waals surface area contributed by atoms with Crippen LogP contribution in [0.5, 0.6) is 0 Å². The number of fused-ring (bicyclic) bond motifs is 6. The van der Waals surface area contributed by atoms with Gasteiger partial charge in [0, 0.05) is 17.3 Å². The third kappa shape index (κ3) is 4.90.